The highest BCUT2D eigenvalue weighted by molar-refractivity contribution is 6.30. The molecule has 0 amide bonds. The molecule has 0 aliphatic heterocycles. The maximum absolute atomic E-state index is 12.6. The second-order valence-electron chi connectivity index (χ2n) is 10.4. The summed E-state index contributed by atoms with van der Waals surface area (Å²) in [7, 11) is 0. The molecular weight excluding hydrogens is 472 g/mol. The Hall–Kier alpha value is -3.05. The molecule has 0 radical (unpaired) electrons. The van der Waals surface area contributed by atoms with Crippen molar-refractivity contribution in [1.82, 2.24) is 4.98 Å². The summed E-state index contributed by atoms with van der Waals surface area (Å²) in [6.07, 6.45) is 9.50. The Bertz CT molecular complexity index is 1240. The normalized spacial score (nSPS) is 24.9. The van der Waals surface area contributed by atoms with Crippen LogP contribution in [0.25, 0.3) is 0 Å². The minimum atomic E-state index is -0.986. The summed E-state index contributed by atoms with van der Waals surface area (Å²) in [5.41, 5.74) is 3.67. The monoisotopic (exact) mass is 504 g/mol. The highest BCUT2D eigenvalue weighted by Gasteiger charge is 2.53. The van der Waals surface area contributed by atoms with Gasteiger partial charge in [0.2, 0.25) is 0 Å². The molecule has 188 valence electrons. The number of hydrogen-bond donors (Lipinski definition) is 2. The number of aryl methyl sites for hydroxylation is 1. The van der Waals surface area contributed by atoms with Gasteiger partial charge in [0.15, 0.2) is 0 Å². The van der Waals surface area contributed by atoms with Crippen molar-refractivity contribution >= 4 is 23.3 Å². The fourth-order valence-corrected chi connectivity index (χ4v) is 6.60. The Morgan fingerprint density at radius 1 is 1.14 bits per heavy atom. The SMILES string of the molecule is Cc1cnccc1OCCCC1Cc2ccccc2C12CCC(Nc1cccc(Cl)c1)(C(=O)O)CC2. The van der Waals surface area contributed by atoms with Crippen LogP contribution in [0.5, 0.6) is 5.75 Å². The molecule has 2 aliphatic rings. The second-order valence-corrected chi connectivity index (χ2v) is 10.8. The molecule has 2 N–H and O–H groups in total. The van der Waals surface area contributed by atoms with Crippen LogP contribution in [-0.2, 0) is 16.6 Å². The number of ether oxygens (including phenoxy) is 1. The number of carboxylic acids is 1. The van der Waals surface area contributed by atoms with Gasteiger partial charge in [-0.1, -0.05) is 41.9 Å². The van der Waals surface area contributed by atoms with Crippen LogP contribution in [-0.4, -0.2) is 28.2 Å². The standard InChI is InChI=1S/C30H33ClN2O3/c1-21-20-32-16-11-27(21)36-17-5-7-23-18-22-6-2-3-10-26(22)29(23)12-14-30(15-13-29,28(34)35)33-25-9-4-8-24(31)19-25/h2-4,6,8-11,16,19-20,23,33H,5,7,12-15,17-18H2,1H3,(H,34,35). The Morgan fingerprint density at radius 2 is 1.94 bits per heavy atom. The summed E-state index contributed by atoms with van der Waals surface area (Å²) in [6, 6.07) is 18.0. The van der Waals surface area contributed by atoms with Crippen molar-refractivity contribution < 1.29 is 14.6 Å². The maximum atomic E-state index is 12.6. The van der Waals surface area contributed by atoms with Crippen LogP contribution in [0.1, 0.15) is 55.2 Å². The molecule has 0 saturated heterocycles. The number of rotatable bonds is 8. The number of nitrogens with one attached hydrogen (secondary N) is 1. The smallest absolute Gasteiger partial charge is 0.329 e. The van der Waals surface area contributed by atoms with E-state index in [4.69, 9.17) is 16.3 Å². The Labute approximate surface area is 217 Å². The van der Waals surface area contributed by atoms with Crippen molar-refractivity contribution in [2.75, 3.05) is 11.9 Å². The highest BCUT2D eigenvalue weighted by atomic mass is 35.5. The molecule has 1 fully saturated rings. The van der Waals surface area contributed by atoms with Gasteiger partial charge in [-0.15, -0.1) is 0 Å². The first-order chi connectivity index (χ1) is 17.4. The van der Waals surface area contributed by atoms with Crippen LogP contribution >= 0.6 is 11.6 Å². The molecular formula is C30H33ClN2O3. The average molecular weight is 505 g/mol. The first-order valence-corrected chi connectivity index (χ1v) is 13.2. The number of benzene rings is 2. The van der Waals surface area contributed by atoms with Crippen molar-refractivity contribution in [3.8, 4) is 5.75 Å². The predicted octanol–water partition coefficient (Wildman–Crippen LogP) is 6.82. The number of pyridine rings is 1. The number of anilines is 1. The van der Waals surface area contributed by atoms with E-state index in [1.54, 1.807) is 18.3 Å². The first-order valence-electron chi connectivity index (χ1n) is 12.8. The molecule has 0 bridgehead atoms. The molecule has 1 saturated carbocycles. The number of aliphatic carboxylic acids is 1. The third-order valence-electron chi connectivity index (χ3n) is 8.34. The lowest BCUT2D eigenvalue weighted by Crippen LogP contribution is -2.53. The van der Waals surface area contributed by atoms with Crippen LogP contribution in [0.15, 0.2) is 67.0 Å². The Morgan fingerprint density at radius 3 is 2.69 bits per heavy atom. The van der Waals surface area contributed by atoms with Crippen molar-refractivity contribution in [3.63, 3.8) is 0 Å². The Kier molecular flexibility index (Phi) is 6.94. The minimum Gasteiger partial charge on any atom is -0.493 e. The number of aromatic nitrogens is 1. The lowest BCUT2D eigenvalue weighted by Gasteiger charge is -2.47. The van der Waals surface area contributed by atoms with Crippen LogP contribution in [0, 0.1) is 12.8 Å². The maximum Gasteiger partial charge on any atom is 0.329 e. The number of hydrogen-bond acceptors (Lipinski definition) is 4. The predicted molar refractivity (Wildman–Crippen MR) is 143 cm³/mol. The molecule has 2 aliphatic carbocycles. The molecule has 1 atom stereocenters. The second kappa shape index (κ2) is 10.1. The topological polar surface area (TPSA) is 71.5 Å². The van der Waals surface area contributed by atoms with Gasteiger partial charge >= 0.3 is 5.97 Å². The minimum absolute atomic E-state index is 0.0120. The van der Waals surface area contributed by atoms with Crippen molar-refractivity contribution in [3.05, 3.63) is 88.7 Å². The van der Waals surface area contributed by atoms with E-state index in [1.165, 1.54) is 11.1 Å². The van der Waals surface area contributed by atoms with Crippen molar-refractivity contribution in [2.24, 2.45) is 5.92 Å². The van der Waals surface area contributed by atoms with Crippen molar-refractivity contribution in [1.29, 1.82) is 0 Å². The Balaban J connectivity index is 1.32. The van der Waals surface area contributed by atoms with Gasteiger partial charge in [0.1, 0.15) is 11.3 Å². The third kappa shape index (κ3) is 4.69. The van der Waals surface area contributed by atoms with Gasteiger partial charge in [-0.3, -0.25) is 4.98 Å². The fourth-order valence-electron chi connectivity index (χ4n) is 6.41. The summed E-state index contributed by atoms with van der Waals surface area (Å²) < 4.78 is 6.05. The van der Waals surface area contributed by atoms with Gasteiger partial charge < -0.3 is 15.2 Å². The van der Waals surface area contributed by atoms with Crippen LogP contribution in [0.4, 0.5) is 5.69 Å². The van der Waals surface area contributed by atoms with Gasteiger partial charge in [-0.2, -0.15) is 0 Å². The largest absolute Gasteiger partial charge is 0.493 e. The first kappa shape index (κ1) is 24.6. The zero-order valence-electron chi connectivity index (χ0n) is 20.7. The van der Waals surface area contributed by atoms with E-state index in [1.807, 2.05) is 31.3 Å². The van der Waals surface area contributed by atoms with Crippen molar-refractivity contribution in [2.45, 2.75) is 62.8 Å². The lowest BCUT2D eigenvalue weighted by atomic mass is 9.60. The molecule has 2 aromatic carbocycles. The van der Waals surface area contributed by atoms with Crippen LogP contribution in [0.2, 0.25) is 5.02 Å². The quantitative estimate of drug-likeness (QED) is 0.329. The van der Waals surface area contributed by atoms with E-state index in [9.17, 15) is 9.90 Å². The molecule has 5 nitrogen and oxygen atoms in total. The van der Waals surface area contributed by atoms with Gasteiger partial charge in [0, 0.05) is 28.7 Å². The summed E-state index contributed by atoms with van der Waals surface area (Å²) in [6.45, 7) is 2.68. The van der Waals surface area contributed by atoms with Crippen LogP contribution < -0.4 is 10.1 Å². The molecule has 1 heterocycles. The summed E-state index contributed by atoms with van der Waals surface area (Å²) in [5, 5.41) is 14.2. The van der Waals surface area contributed by atoms with E-state index < -0.39 is 11.5 Å². The molecule has 36 heavy (non-hydrogen) atoms. The average Bonchev–Trinajstić information content (AvgIpc) is 3.17. The van der Waals surface area contributed by atoms with E-state index in [0.29, 0.717) is 30.4 Å². The molecule has 6 heteroatoms. The van der Waals surface area contributed by atoms with E-state index >= 15 is 0 Å². The molecule has 1 aromatic heterocycles. The lowest BCUT2D eigenvalue weighted by molar-refractivity contribution is -0.144. The summed E-state index contributed by atoms with van der Waals surface area (Å²) in [5.74, 6) is 0.585. The third-order valence-corrected chi connectivity index (χ3v) is 8.57. The van der Waals surface area contributed by atoms with Gasteiger partial charge in [-0.25, -0.2) is 4.79 Å². The van der Waals surface area contributed by atoms with E-state index in [2.05, 4.69) is 34.6 Å². The fraction of sp³-hybridized carbons (Fsp3) is 0.400. The number of carbonyl (C=O) groups is 1. The number of carboxylic acid groups (broad SMARTS) is 1. The number of fused-ring (bicyclic) bond motifs is 2. The number of nitrogens with zero attached hydrogens (tertiary/aromatic N) is 1. The van der Waals surface area contributed by atoms with E-state index in [-0.39, 0.29) is 5.41 Å². The summed E-state index contributed by atoms with van der Waals surface area (Å²) >= 11 is 6.17. The van der Waals surface area contributed by atoms with Crippen LogP contribution in [0.3, 0.4) is 0 Å². The highest BCUT2D eigenvalue weighted by Crippen LogP contribution is 2.55. The van der Waals surface area contributed by atoms with Gasteiger partial charge in [0.05, 0.1) is 6.61 Å². The zero-order valence-corrected chi connectivity index (χ0v) is 21.4. The van der Waals surface area contributed by atoms with E-state index in [0.717, 1.165) is 49.1 Å². The molecule has 5 rings (SSSR count). The number of halogens is 1. The molecule has 3 aromatic rings. The molecule has 1 unspecified atom stereocenters. The summed E-state index contributed by atoms with van der Waals surface area (Å²) in [4.78, 5) is 16.7. The van der Waals surface area contributed by atoms with Gasteiger partial charge in [0.25, 0.3) is 0 Å². The molecule has 1 spiro atoms. The van der Waals surface area contributed by atoms with Gasteiger partial charge in [-0.05, 0) is 98.6 Å². The zero-order chi connectivity index (χ0) is 25.2.